The predicted molar refractivity (Wildman–Crippen MR) is 82.0 cm³/mol. The lowest BCUT2D eigenvalue weighted by atomic mass is 9.86. The first-order valence-corrected chi connectivity index (χ1v) is 6.22. The standard InChI is InChI=1S/C10H14O.C6H6O.CH2O/c1-10(2,3)8-6-4-5-7-9(8)11;7-6-4-2-1-3-5-6;1-2/h4-7,11H,1-3H3;1-5,7H;1H2. The summed E-state index contributed by atoms with van der Waals surface area (Å²) in [6, 6.07) is 16.2. The highest BCUT2D eigenvalue weighted by Crippen LogP contribution is 2.29. The molecule has 2 aromatic carbocycles. The molecule has 20 heavy (non-hydrogen) atoms. The molecule has 0 saturated heterocycles. The maximum absolute atomic E-state index is 9.45. The first kappa shape index (κ1) is 17.7. The highest BCUT2D eigenvalue weighted by Gasteiger charge is 2.16. The van der Waals surface area contributed by atoms with Crippen LogP contribution in [0.1, 0.15) is 26.3 Å². The lowest BCUT2D eigenvalue weighted by molar-refractivity contribution is -0.0979. The highest BCUT2D eigenvalue weighted by atomic mass is 16.3. The van der Waals surface area contributed by atoms with Gasteiger partial charge in [0, 0.05) is 0 Å². The zero-order valence-corrected chi connectivity index (χ0v) is 12.2. The van der Waals surface area contributed by atoms with Crippen molar-refractivity contribution in [3.8, 4) is 11.5 Å². The van der Waals surface area contributed by atoms with E-state index in [2.05, 4.69) is 20.8 Å². The Morgan fingerprint density at radius 1 is 0.800 bits per heavy atom. The first-order valence-electron chi connectivity index (χ1n) is 6.22. The van der Waals surface area contributed by atoms with Gasteiger partial charge in [-0.15, -0.1) is 0 Å². The Labute approximate surface area is 120 Å². The van der Waals surface area contributed by atoms with Crippen LogP contribution < -0.4 is 0 Å². The molecule has 3 heteroatoms. The number of carbonyl (C=O) groups is 1. The maximum Gasteiger partial charge on any atom is 0.119 e. The van der Waals surface area contributed by atoms with Gasteiger partial charge >= 0.3 is 0 Å². The minimum atomic E-state index is 0.0331. The molecule has 0 bridgehead atoms. The Bertz CT molecular complexity index is 487. The fourth-order valence-corrected chi connectivity index (χ4v) is 1.54. The van der Waals surface area contributed by atoms with Gasteiger partial charge in [0.05, 0.1) is 0 Å². The number of hydrogen-bond acceptors (Lipinski definition) is 3. The van der Waals surface area contributed by atoms with Gasteiger partial charge in [0.1, 0.15) is 18.3 Å². The maximum atomic E-state index is 9.45. The molecule has 0 aromatic heterocycles. The summed E-state index contributed by atoms with van der Waals surface area (Å²) in [5.41, 5.74) is 1.03. The van der Waals surface area contributed by atoms with Crippen LogP contribution in [0.5, 0.6) is 11.5 Å². The summed E-state index contributed by atoms with van der Waals surface area (Å²) in [5.74, 6) is 0.711. The molecule has 0 aliphatic carbocycles. The highest BCUT2D eigenvalue weighted by molar-refractivity contribution is 5.36. The Hall–Kier alpha value is -2.29. The zero-order valence-electron chi connectivity index (χ0n) is 12.2. The van der Waals surface area contributed by atoms with E-state index in [0.717, 1.165) is 5.56 Å². The number of rotatable bonds is 0. The number of phenolic OH excluding ortho intramolecular Hbond substituents is 2. The quantitative estimate of drug-likeness (QED) is 0.766. The van der Waals surface area contributed by atoms with E-state index in [1.165, 1.54) is 0 Å². The number of para-hydroxylation sites is 2. The van der Waals surface area contributed by atoms with E-state index >= 15 is 0 Å². The van der Waals surface area contributed by atoms with E-state index in [-0.39, 0.29) is 5.41 Å². The van der Waals surface area contributed by atoms with Crippen LogP contribution in [-0.4, -0.2) is 17.0 Å². The first-order chi connectivity index (χ1) is 9.41. The third-order valence-electron chi connectivity index (χ3n) is 2.47. The Morgan fingerprint density at radius 2 is 1.25 bits per heavy atom. The molecule has 2 aromatic rings. The molecule has 0 spiro atoms. The number of benzene rings is 2. The topological polar surface area (TPSA) is 57.5 Å². The fraction of sp³-hybridized carbons (Fsp3) is 0.235. The van der Waals surface area contributed by atoms with Crippen LogP contribution >= 0.6 is 0 Å². The lowest BCUT2D eigenvalue weighted by Gasteiger charge is -2.19. The molecular weight excluding hydrogens is 252 g/mol. The number of hydrogen-bond donors (Lipinski definition) is 2. The minimum Gasteiger partial charge on any atom is -0.508 e. The molecule has 0 atom stereocenters. The van der Waals surface area contributed by atoms with Crippen molar-refractivity contribution in [1.82, 2.24) is 0 Å². The van der Waals surface area contributed by atoms with Gasteiger partial charge in [-0.3, -0.25) is 0 Å². The van der Waals surface area contributed by atoms with Crippen molar-refractivity contribution in [3.63, 3.8) is 0 Å². The predicted octanol–water partition coefficient (Wildman–Crippen LogP) is 3.90. The molecule has 2 N–H and O–H groups in total. The van der Waals surface area contributed by atoms with E-state index < -0.39 is 0 Å². The minimum absolute atomic E-state index is 0.0331. The number of aromatic hydroxyl groups is 2. The van der Waals surface area contributed by atoms with E-state index in [9.17, 15) is 5.11 Å². The summed E-state index contributed by atoms with van der Waals surface area (Å²) in [7, 11) is 0. The normalized spacial score (nSPS) is 9.55. The SMILES string of the molecule is C=O.CC(C)(C)c1ccccc1O.Oc1ccccc1. The van der Waals surface area contributed by atoms with E-state index in [4.69, 9.17) is 9.90 Å². The monoisotopic (exact) mass is 274 g/mol. The summed E-state index contributed by atoms with van der Waals surface area (Å²) < 4.78 is 0. The Morgan fingerprint density at radius 3 is 1.55 bits per heavy atom. The average Bonchev–Trinajstić information content (AvgIpc) is 2.42. The van der Waals surface area contributed by atoms with Crippen LogP contribution in [0.2, 0.25) is 0 Å². The molecular formula is C17H22O3. The van der Waals surface area contributed by atoms with Crippen molar-refractivity contribution < 1.29 is 15.0 Å². The third-order valence-corrected chi connectivity index (χ3v) is 2.47. The van der Waals surface area contributed by atoms with Crippen molar-refractivity contribution in [3.05, 3.63) is 60.2 Å². The van der Waals surface area contributed by atoms with E-state index in [1.54, 1.807) is 30.3 Å². The van der Waals surface area contributed by atoms with Crippen LogP contribution in [0.4, 0.5) is 0 Å². The number of carbonyl (C=O) groups excluding carboxylic acids is 1. The molecule has 0 unspecified atom stereocenters. The second kappa shape index (κ2) is 8.75. The van der Waals surface area contributed by atoms with Gasteiger partial charge in [0.15, 0.2) is 0 Å². The van der Waals surface area contributed by atoms with Crippen molar-refractivity contribution in [2.24, 2.45) is 0 Å². The molecule has 0 aliphatic heterocycles. The summed E-state index contributed by atoms with van der Waals surface area (Å²) >= 11 is 0. The molecule has 2 rings (SSSR count). The third kappa shape index (κ3) is 6.59. The van der Waals surface area contributed by atoms with Crippen molar-refractivity contribution in [1.29, 1.82) is 0 Å². The molecule has 3 nitrogen and oxygen atoms in total. The smallest absolute Gasteiger partial charge is 0.119 e. The lowest BCUT2D eigenvalue weighted by Crippen LogP contribution is -2.10. The second-order valence-corrected chi connectivity index (χ2v) is 5.10. The summed E-state index contributed by atoms with van der Waals surface area (Å²) in [6.07, 6.45) is 0. The largest absolute Gasteiger partial charge is 0.508 e. The molecule has 0 aliphatic rings. The summed E-state index contributed by atoms with van der Waals surface area (Å²) in [4.78, 5) is 8.00. The van der Waals surface area contributed by atoms with Crippen molar-refractivity contribution in [2.75, 3.05) is 0 Å². The van der Waals surface area contributed by atoms with Crippen LogP contribution in [0, 0.1) is 0 Å². The molecule has 0 amide bonds. The Kier molecular flexibility index (Phi) is 7.75. The van der Waals surface area contributed by atoms with Crippen LogP contribution in [0.3, 0.4) is 0 Å². The second-order valence-electron chi connectivity index (χ2n) is 5.10. The van der Waals surface area contributed by atoms with Gasteiger partial charge in [-0.05, 0) is 29.2 Å². The van der Waals surface area contributed by atoms with Gasteiger partial charge in [-0.1, -0.05) is 57.2 Å². The van der Waals surface area contributed by atoms with Gasteiger partial charge in [-0.2, -0.15) is 0 Å². The Balaban J connectivity index is 0.000000345. The van der Waals surface area contributed by atoms with Crippen LogP contribution in [0.25, 0.3) is 0 Å². The van der Waals surface area contributed by atoms with E-state index in [0.29, 0.717) is 11.5 Å². The molecule has 0 saturated carbocycles. The molecule has 0 radical (unpaired) electrons. The molecule has 108 valence electrons. The van der Waals surface area contributed by atoms with Gasteiger partial charge in [-0.25, -0.2) is 0 Å². The van der Waals surface area contributed by atoms with Gasteiger partial charge < -0.3 is 15.0 Å². The molecule has 0 fully saturated rings. The fourth-order valence-electron chi connectivity index (χ4n) is 1.54. The summed E-state index contributed by atoms with van der Waals surface area (Å²) in [6.45, 7) is 8.26. The van der Waals surface area contributed by atoms with Gasteiger partial charge in [0.2, 0.25) is 0 Å². The van der Waals surface area contributed by atoms with Crippen molar-refractivity contribution in [2.45, 2.75) is 26.2 Å². The summed E-state index contributed by atoms with van der Waals surface area (Å²) in [5, 5.41) is 18.1. The van der Waals surface area contributed by atoms with Crippen molar-refractivity contribution >= 4 is 6.79 Å². The zero-order chi connectivity index (χ0) is 15.6. The van der Waals surface area contributed by atoms with Crippen LogP contribution in [-0.2, 0) is 10.2 Å². The van der Waals surface area contributed by atoms with E-state index in [1.807, 2.05) is 31.1 Å². The van der Waals surface area contributed by atoms with Crippen LogP contribution in [0.15, 0.2) is 54.6 Å². The van der Waals surface area contributed by atoms with Gasteiger partial charge in [0.25, 0.3) is 0 Å². The molecule has 0 heterocycles. The number of phenols is 2. The average molecular weight is 274 g/mol.